The van der Waals surface area contributed by atoms with Gasteiger partial charge in [0.2, 0.25) is 0 Å². The molecule has 0 bridgehead atoms. The van der Waals surface area contributed by atoms with Crippen LogP contribution in [-0.2, 0) is 6.54 Å². The van der Waals surface area contributed by atoms with Gasteiger partial charge in [-0.2, -0.15) is 0 Å². The summed E-state index contributed by atoms with van der Waals surface area (Å²) in [5.41, 5.74) is 6.24. The summed E-state index contributed by atoms with van der Waals surface area (Å²) in [7, 11) is 2.11. The Balaban J connectivity index is 1.90. The van der Waals surface area contributed by atoms with Crippen LogP contribution in [0.2, 0.25) is 0 Å². The van der Waals surface area contributed by atoms with Gasteiger partial charge in [-0.15, -0.1) is 0 Å². The van der Waals surface area contributed by atoms with E-state index in [0.717, 1.165) is 19.5 Å². The SMILES string of the molecule is CN(CCn1ccccc1=O)C1CCCCC1N. The van der Waals surface area contributed by atoms with Crippen LogP contribution in [0.1, 0.15) is 25.7 Å². The molecule has 2 rings (SSSR count). The summed E-state index contributed by atoms with van der Waals surface area (Å²) in [4.78, 5) is 13.9. The van der Waals surface area contributed by atoms with Gasteiger partial charge in [-0.25, -0.2) is 0 Å². The minimum absolute atomic E-state index is 0.0684. The highest BCUT2D eigenvalue weighted by Gasteiger charge is 2.24. The van der Waals surface area contributed by atoms with Gasteiger partial charge in [0.15, 0.2) is 0 Å². The summed E-state index contributed by atoms with van der Waals surface area (Å²) in [6.07, 6.45) is 6.68. The molecule has 0 saturated heterocycles. The van der Waals surface area contributed by atoms with Crippen molar-refractivity contribution in [2.45, 2.75) is 44.3 Å². The van der Waals surface area contributed by atoms with Gasteiger partial charge in [-0.05, 0) is 26.0 Å². The number of hydrogen-bond acceptors (Lipinski definition) is 3. The van der Waals surface area contributed by atoms with Crippen molar-refractivity contribution in [3.05, 3.63) is 34.7 Å². The summed E-state index contributed by atoms with van der Waals surface area (Å²) in [5.74, 6) is 0. The van der Waals surface area contributed by atoms with Crippen molar-refractivity contribution >= 4 is 0 Å². The van der Waals surface area contributed by atoms with E-state index >= 15 is 0 Å². The number of hydrogen-bond donors (Lipinski definition) is 1. The zero-order chi connectivity index (χ0) is 13.0. The van der Waals surface area contributed by atoms with Gasteiger partial charge in [0, 0.05) is 37.4 Å². The molecule has 0 spiro atoms. The smallest absolute Gasteiger partial charge is 0.250 e. The molecule has 1 aromatic rings. The quantitative estimate of drug-likeness (QED) is 0.868. The highest BCUT2D eigenvalue weighted by molar-refractivity contribution is 4.93. The Morgan fingerprint density at radius 1 is 1.39 bits per heavy atom. The van der Waals surface area contributed by atoms with Gasteiger partial charge >= 0.3 is 0 Å². The van der Waals surface area contributed by atoms with Crippen molar-refractivity contribution in [1.29, 1.82) is 0 Å². The lowest BCUT2D eigenvalue weighted by molar-refractivity contribution is 0.163. The molecular weight excluding hydrogens is 226 g/mol. The second kappa shape index (κ2) is 6.16. The number of nitrogens with zero attached hydrogens (tertiary/aromatic N) is 2. The lowest BCUT2D eigenvalue weighted by Gasteiger charge is -2.36. The van der Waals surface area contributed by atoms with E-state index < -0.39 is 0 Å². The second-order valence-electron chi connectivity index (χ2n) is 5.23. The molecule has 1 aromatic heterocycles. The maximum Gasteiger partial charge on any atom is 0.250 e. The van der Waals surface area contributed by atoms with E-state index in [9.17, 15) is 4.79 Å². The largest absolute Gasteiger partial charge is 0.326 e. The van der Waals surface area contributed by atoms with Gasteiger partial charge in [-0.1, -0.05) is 18.9 Å². The van der Waals surface area contributed by atoms with E-state index in [1.807, 2.05) is 12.3 Å². The Kier molecular flexibility index (Phi) is 4.55. The van der Waals surface area contributed by atoms with Crippen LogP contribution >= 0.6 is 0 Å². The van der Waals surface area contributed by atoms with Crippen molar-refractivity contribution in [3.63, 3.8) is 0 Å². The van der Waals surface area contributed by atoms with Crippen LogP contribution in [0.3, 0.4) is 0 Å². The average molecular weight is 249 g/mol. The maximum atomic E-state index is 11.6. The first-order valence-electron chi connectivity index (χ1n) is 6.80. The Hall–Kier alpha value is -1.13. The third-order valence-corrected chi connectivity index (χ3v) is 3.94. The van der Waals surface area contributed by atoms with Crippen molar-refractivity contribution in [2.75, 3.05) is 13.6 Å². The van der Waals surface area contributed by atoms with Gasteiger partial charge in [0.1, 0.15) is 0 Å². The van der Waals surface area contributed by atoms with E-state index in [1.54, 1.807) is 16.7 Å². The van der Waals surface area contributed by atoms with Crippen molar-refractivity contribution in [2.24, 2.45) is 5.73 Å². The lowest BCUT2D eigenvalue weighted by Crippen LogP contribution is -2.49. The predicted molar refractivity (Wildman–Crippen MR) is 73.6 cm³/mol. The molecule has 2 unspecified atom stereocenters. The fourth-order valence-corrected chi connectivity index (χ4v) is 2.76. The van der Waals surface area contributed by atoms with Crippen molar-refractivity contribution in [3.8, 4) is 0 Å². The van der Waals surface area contributed by atoms with Crippen LogP contribution in [0.4, 0.5) is 0 Å². The molecule has 0 aliphatic heterocycles. The summed E-state index contributed by atoms with van der Waals surface area (Å²) in [5, 5.41) is 0. The minimum Gasteiger partial charge on any atom is -0.326 e. The molecule has 0 amide bonds. The predicted octanol–water partition coefficient (Wildman–Crippen LogP) is 1.05. The number of pyridine rings is 1. The Morgan fingerprint density at radius 2 is 2.17 bits per heavy atom. The number of likely N-dealkylation sites (N-methyl/N-ethyl adjacent to an activating group) is 1. The standard InChI is InChI=1S/C14H23N3O/c1-16(13-7-3-2-6-12(13)15)10-11-17-9-5-4-8-14(17)18/h4-5,8-9,12-13H,2-3,6-7,10-11,15H2,1H3. The molecule has 100 valence electrons. The summed E-state index contributed by atoms with van der Waals surface area (Å²) >= 11 is 0. The second-order valence-corrected chi connectivity index (χ2v) is 5.23. The van der Waals surface area contributed by atoms with E-state index in [1.165, 1.54) is 19.3 Å². The zero-order valence-electron chi connectivity index (χ0n) is 11.1. The van der Waals surface area contributed by atoms with Crippen LogP contribution < -0.4 is 11.3 Å². The molecule has 4 nitrogen and oxygen atoms in total. The third kappa shape index (κ3) is 3.21. The first-order chi connectivity index (χ1) is 8.68. The van der Waals surface area contributed by atoms with E-state index in [0.29, 0.717) is 6.04 Å². The fraction of sp³-hybridized carbons (Fsp3) is 0.643. The van der Waals surface area contributed by atoms with Crippen molar-refractivity contribution in [1.82, 2.24) is 9.47 Å². The zero-order valence-corrected chi connectivity index (χ0v) is 11.1. The molecular formula is C14H23N3O. The van der Waals surface area contributed by atoms with Crippen LogP contribution in [0.15, 0.2) is 29.2 Å². The number of rotatable bonds is 4. The van der Waals surface area contributed by atoms with Gasteiger partial charge in [0.25, 0.3) is 5.56 Å². The minimum atomic E-state index is 0.0684. The lowest BCUT2D eigenvalue weighted by atomic mass is 9.90. The van der Waals surface area contributed by atoms with Crippen LogP contribution in [0.25, 0.3) is 0 Å². The summed E-state index contributed by atoms with van der Waals surface area (Å²) in [6.45, 7) is 1.61. The van der Waals surface area contributed by atoms with Gasteiger partial charge < -0.3 is 15.2 Å². The van der Waals surface area contributed by atoms with Crippen molar-refractivity contribution < 1.29 is 0 Å². The van der Waals surface area contributed by atoms with Gasteiger partial charge in [-0.3, -0.25) is 4.79 Å². The molecule has 2 N–H and O–H groups in total. The van der Waals surface area contributed by atoms with Gasteiger partial charge in [0.05, 0.1) is 0 Å². The number of aromatic nitrogens is 1. The van der Waals surface area contributed by atoms with E-state index in [4.69, 9.17) is 5.73 Å². The molecule has 1 heterocycles. The van der Waals surface area contributed by atoms with Crippen LogP contribution in [-0.4, -0.2) is 35.1 Å². The third-order valence-electron chi connectivity index (χ3n) is 3.94. The highest BCUT2D eigenvalue weighted by atomic mass is 16.1. The highest BCUT2D eigenvalue weighted by Crippen LogP contribution is 2.20. The molecule has 1 saturated carbocycles. The Morgan fingerprint density at radius 3 is 2.89 bits per heavy atom. The average Bonchev–Trinajstić information content (AvgIpc) is 2.38. The summed E-state index contributed by atoms with van der Waals surface area (Å²) in [6, 6.07) is 6.04. The molecule has 1 fully saturated rings. The monoisotopic (exact) mass is 249 g/mol. The topological polar surface area (TPSA) is 51.3 Å². The molecule has 1 aliphatic rings. The maximum absolute atomic E-state index is 11.6. The first kappa shape index (κ1) is 13.3. The molecule has 2 atom stereocenters. The van der Waals surface area contributed by atoms with E-state index in [-0.39, 0.29) is 11.6 Å². The Bertz CT molecular complexity index is 429. The molecule has 1 aliphatic carbocycles. The normalized spacial score (nSPS) is 24.4. The molecule has 4 heteroatoms. The first-order valence-corrected chi connectivity index (χ1v) is 6.80. The molecule has 0 radical (unpaired) electrons. The van der Waals surface area contributed by atoms with Crippen LogP contribution in [0.5, 0.6) is 0 Å². The van der Waals surface area contributed by atoms with E-state index in [2.05, 4.69) is 11.9 Å². The molecule has 18 heavy (non-hydrogen) atoms. The fourth-order valence-electron chi connectivity index (χ4n) is 2.76. The number of nitrogens with two attached hydrogens (primary N) is 1. The van der Waals surface area contributed by atoms with Crippen LogP contribution in [0, 0.1) is 0 Å². The summed E-state index contributed by atoms with van der Waals surface area (Å²) < 4.78 is 1.75. The Labute approximate surface area is 108 Å². The molecule has 0 aromatic carbocycles.